The summed E-state index contributed by atoms with van der Waals surface area (Å²) in [7, 11) is 0. The molecule has 1 aliphatic rings. The first-order valence-corrected chi connectivity index (χ1v) is 5.83. The molecule has 4 N–H and O–H groups in total. The molecule has 1 aliphatic heterocycles. The van der Waals surface area contributed by atoms with E-state index in [4.69, 9.17) is 15.2 Å². The van der Waals surface area contributed by atoms with Gasteiger partial charge >= 0.3 is 6.03 Å². The summed E-state index contributed by atoms with van der Waals surface area (Å²) in [5.74, 6) is 1.02. The Kier molecular flexibility index (Phi) is 4.07. The number of ether oxygens (including phenoxy) is 2. The summed E-state index contributed by atoms with van der Waals surface area (Å²) >= 11 is 0. The van der Waals surface area contributed by atoms with E-state index in [1.807, 2.05) is 18.2 Å². The summed E-state index contributed by atoms with van der Waals surface area (Å²) in [6.07, 6.45) is -0.257. The third-order valence-electron chi connectivity index (χ3n) is 2.52. The average molecular weight is 265 g/mol. The van der Waals surface area contributed by atoms with Crippen molar-refractivity contribution in [2.24, 2.45) is 5.73 Å². The van der Waals surface area contributed by atoms with Gasteiger partial charge in [-0.15, -0.1) is 0 Å². The van der Waals surface area contributed by atoms with Gasteiger partial charge in [0.05, 0.1) is 13.1 Å². The SMILES string of the molecule is NC(=O)NCC(=O)NC[C@H]1COc2ccccc2O1. The fourth-order valence-electron chi connectivity index (χ4n) is 1.62. The molecule has 1 heterocycles. The number of urea groups is 1. The van der Waals surface area contributed by atoms with Crippen LogP contribution < -0.4 is 25.8 Å². The zero-order chi connectivity index (χ0) is 13.7. The van der Waals surface area contributed by atoms with Crippen LogP contribution in [0.2, 0.25) is 0 Å². The van der Waals surface area contributed by atoms with E-state index in [2.05, 4.69) is 10.6 Å². The normalized spacial score (nSPS) is 16.5. The number of rotatable bonds is 4. The molecule has 0 saturated heterocycles. The Morgan fingerprint density at radius 3 is 2.74 bits per heavy atom. The van der Waals surface area contributed by atoms with Gasteiger partial charge < -0.3 is 25.8 Å². The minimum absolute atomic E-state index is 0.153. The Morgan fingerprint density at radius 2 is 2.00 bits per heavy atom. The van der Waals surface area contributed by atoms with Crippen LogP contribution in [0.15, 0.2) is 24.3 Å². The topological polar surface area (TPSA) is 103 Å². The lowest BCUT2D eigenvalue weighted by molar-refractivity contribution is -0.120. The van der Waals surface area contributed by atoms with Crippen LogP contribution in [0.25, 0.3) is 0 Å². The first kappa shape index (κ1) is 13.0. The molecule has 7 heteroatoms. The number of hydrogen-bond acceptors (Lipinski definition) is 4. The van der Waals surface area contributed by atoms with Gasteiger partial charge in [-0.25, -0.2) is 4.79 Å². The molecule has 1 aromatic rings. The van der Waals surface area contributed by atoms with Gasteiger partial charge in [0, 0.05) is 0 Å². The Bertz CT molecular complexity index is 478. The van der Waals surface area contributed by atoms with Crippen molar-refractivity contribution in [1.29, 1.82) is 0 Å². The number of nitrogens with one attached hydrogen (secondary N) is 2. The molecule has 1 atom stereocenters. The van der Waals surface area contributed by atoms with Crippen molar-refractivity contribution in [1.82, 2.24) is 10.6 Å². The molecule has 0 saturated carbocycles. The lowest BCUT2D eigenvalue weighted by atomic mass is 10.2. The average Bonchev–Trinajstić information content (AvgIpc) is 2.42. The van der Waals surface area contributed by atoms with E-state index in [-0.39, 0.29) is 18.6 Å². The fourth-order valence-corrected chi connectivity index (χ4v) is 1.62. The fraction of sp³-hybridized carbons (Fsp3) is 0.333. The van der Waals surface area contributed by atoms with Gasteiger partial charge in [0.1, 0.15) is 12.7 Å². The number of primary amides is 1. The molecule has 1 aromatic carbocycles. The maximum Gasteiger partial charge on any atom is 0.312 e. The number of para-hydroxylation sites is 2. The number of carbonyl (C=O) groups is 2. The molecular formula is C12H15N3O4. The first-order chi connectivity index (χ1) is 9.15. The number of benzene rings is 1. The van der Waals surface area contributed by atoms with Crippen LogP contribution in [0.3, 0.4) is 0 Å². The molecule has 102 valence electrons. The van der Waals surface area contributed by atoms with Gasteiger partial charge in [-0.1, -0.05) is 12.1 Å². The standard InChI is InChI=1S/C12H15N3O4/c13-12(17)15-6-11(16)14-5-8-7-18-9-3-1-2-4-10(9)19-8/h1-4,8H,5-7H2,(H,14,16)(H3,13,15,17)/t8-/m0/s1. The van der Waals surface area contributed by atoms with E-state index in [0.717, 1.165) is 0 Å². The quantitative estimate of drug-likeness (QED) is 0.690. The zero-order valence-electron chi connectivity index (χ0n) is 10.2. The smallest absolute Gasteiger partial charge is 0.312 e. The summed E-state index contributed by atoms with van der Waals surface area (Å²) in [5, 5.41) is 4.83. The van der Waals surface area contributed by atoms with Crippen LogP contribution >= 0.6 is 0 Å². The summed E-state index contributed by atoms with van der Waals surface area (Å²) in [5.41, 5.74) is 4.86. The third kappa shape index (κ3) is 3.77. The highest BCUT2D eigenvalue weighted by atomic mass is 16.6. The minimum Gasteiger partial charge on any atom is -0.486 e. The van der Waals surface area contributed by atoms with Crippen molar-refractivity contribution in [2.75, 3.05) is 19.7 Å². The summed E-state index contributed by atoms with van der Waals surface area (Å²) in [6.45, 7) is 0.508. The molecule has 0 fully saturated rings. The summed E-state index contributed by atoms with van der Waals surface area (Å²) in [6, 6.07) is 6.60. The molecule has 0 unspecified atom stereocenters. The number of carbonyl (C=O) groups excluding carboxylic acids is 2. The molecular weight excluding hydrogens is 250 g/mol. The Balaban J connectivity index is 1.76. The second kappa shape index (κ2) is 5.94. The number of hydrogen-bond donors (Lipinski definition) is 3. The first-order valence-electron chi connectivity index (χ1n) is 5.83. The number of nitrogens with two attached hydrogens (primary N) is 1. The molecule has 2 rings (SSSR count). The molecule has 0 bridgehead atoms. The highest BCUT2D eigenvalue weighted by Crippen LogP contribution is 2.30. The van der Waals surface area contributed by atoms with E-state index in [9.17, 15) is 9.59 Å². The van der Waals surface area contributed by atoms with Crippen LogP contribution in [0.5, 0.6) is 11.5 Å². The van der Waals surface area contributed by atoms with Crippen LogP contribution in [0, 0.1) is 0 Å². The highest BCUT2D eigenvalue weighted by molar-refractivity contribution is 5.83. The monoisotopic (exact) mass is 265 g/mol. The predicted molar refractivity (Wildman–Crippen MR) is 66.9 cm³/mol. The van der Waals surface area contributed by atoms with E-state index in [1.54, 1.807) is 6.07 Å². The van der Waals surface area contributed by atoms with Gasteiger partial charge in [-0.3, -0.25) is 4.79 Å². The van der Waals surface area contributed by atoms with E-state index in [0.29, 0.717) is 24.7 Å². The Hall–Kier alpha value is -2.44. The van der Waals surface area contributed by atoms with E-state index >= 15 is 0 Å². The van der Waals surface area contributed by atoms with E-state index in [1.165, 1.54) is 0 Å². The largest absolute Gasteiger partial charge is 0.486 e. The summed E-state index contributed by atoms with van der Waals surface area (Å²) in [4.78, 5) is 21.8. The maximum atomic E-state index is 11.4. The number of fused-ring (bicyclic) bond motifs is 1. The Morgan fingerprint density at radius 1 is 1.26 bits per heavy atom. The van der Waals surface area contributed by atoms with Gasteiger partial charge in [0.25, 0.3) is 0 Å². The summed E-state index contributed by atoms with van der Waals surface area (Å²) < 4.78 is 11.2. The molecule has 0 aliphatic carbocycles. The van der Waals surface area contributed by atoms with Gasteiger partial charge in [0.15, 0.2) is 11.5 Å². The zero-order valence-corrected chi connectivity index (χ0v) is 10.2. The second-order valence-corrected chi connectivity index (χ2v) is 4.02. The molecule has 3 amide bonds. The van der Waals surface area contributed by atoms with Gasteiger partial charge in [0.2, 0.25) is 5.91 Å². The van der Waals surface area contributed by atoms with Crippen LogP contribution in [-0.4, -0.2) is 37.7 Å². The Labute approximate surface area is 110 Å². The van der Waals surface area contributed by atoms with E-state index < -0.39 is 6.03 Å². The van der Waals surface area contributed by atoms with Crippen LogP contribution in [-0.2, 0) is 4.79 Å². The van der Waals surface area contributed by atoms with Crippen molar-refractivity contribution in [3.63, 3.8) is 0 Å². The van der Waals surface area contributed by atoms with Gasteiger partial charge in [-0.05, 0) is 12.1 Å². The molecule has 7 nitrogen and oxygen atoms in total. The molecule has 19 heavy (non-hydrogen) atoms. The molecule has 0 spiro atoms. The van der Waals surface area contributed by atoms with Crippen LogP contribution in [0.1, 0.15) is 0 Å². The minimum atomic E-state index is -0.735. The maximum absolute atomic E-state index is 11.4. The second-order valence-electron chi connectivity index (χ2n) is 4.02. The van der Waals surface area contributed by atoms with Crippen molar-refractivity contribution in [3.05, 3.63) is 24.3 Å². The van der Waals surface area contributed by atoms with Gasteiger partial charge in [-0.2, -0.15) is 0 Å². The van der Waals surface area contributed by atoms with Crippen molar-refractivity contribution in [2.45, 2.75) is 6.10 Å². The predicted octanol–water partition coefficient (Wildman–Crippen LogP) is -0.389. The van der Waals surface area contributed by atoms with Crippen molar-refractivity contribution in [3.8, 4) is 11.5 Å². The van der Waals surface area contributed by atoms with Crippen molar-refractivity contribution >= 4 is 11.9 Å². The molecule has 0 radical (unpaired) electrons. The lowest BCUT2D eigenvalue weighted by Gasteiger charge is -2.26. The highest BCUT2D eigenvalue weighted by Gasteiger charge is 2.20. The van der Waals surface area contributed by atoms with Crippen molar-refractivity contribution < 1.29 is 19.1 Å². The van der Waals surface area contributed by atoms with Crippen LogP contribution in [0.4, 0.5) is 4.79 Å². The number of amides is 3. The third-order valence-corrected chi connectivity index (χ3v) is 2.52. The lowest BCUT2D eigenvalue weighted by Crippen LogP contribution is -2.45. The molecule has 0 aromatic heterocycles.